The van der Waals surface area contributed by atoms with E-state index in [1.165, 1.54) is 6.07 Å². The van der Waals surface area contributed by atoms with Crippen LogP contribution in [0, 0.1) is 12.7 Å². The third-order valence-corrected chi connectivity index (χ3v) is 3.86. The van der Waals surface area contributed by atoms with Crippen LogP contribution in [0.3, 0.4) is 0 Å². The Balaban J connectivity index is 1.64. The predicted octanol–water partition coefficient (Wildman–Crippen LogP) is 4.33. The predicted molar refractivity (Wildman–Crippen MR) is 102 cm³/mol. The third kappa shape index (κ3) is 4.69. The number of ether oxygens (including phenoxy) is 1. The Morgan fingerprint density at radius 2 is 1.73 bits per heavy atom. The lowest BCUT2D eigenvalue weighted by molar-refractivity contribution is 0.415. The average Bonchev–Trinajstić information content (AvgIpc) is 2.63. The van der Waals surface area contributed by atoms with E-state index < -0.39 is 0 Å². The van der Waals surface area contributed by atoms with E-state index in [9.17, 15) is 4.39 Å². The Labute approximate surface area is 152 Å². The summed E-state index contributed by atoms with van der Waals surface area (Å²) < 4.78 is 18.8. The van der Waals surface area contributed by atoms with E-state index in [1.807, 2.05) is 43.3 Å². The summed E-state index contributed by atoms with van der Waals surface area (Å²) >= 11 is 0. The zero-order valence-corrected chi connectivity index (χ0v) is 14.8. The molecule has 0 bridgehead atoms. The second kappa shape index (κ2) is 8.29. The number of halogens is 1. The highest BCUT2D eigenvalue weighted by Crippen LogP contribution is 2.20. The molecule has 26 heavy (non-hydrogen) atoms. The molecule has 5 nitrogen and oxygen atoms in total. The minimum atomic E-state index is -0.185. The van der Waals surface area contributed by atoms with Crippen molar-refractivity contribution in [1.82, 2.24) is 9.97 Å². The number of hydrogen-bond acceptors (Lipinski definition) is 5. The van der Waals surface area contributed by atoms with E-state index in [4.69, 9.17) is 4.74 Å². The van der Waals surface area contributed by atoms with E-state index in [2.05, 4.69) is 20.6 Å². The highest BCUT2D eigenvalue weighted by Gasteiger charge is 2.04. The molecule has 0 unspecified atom stereocenters. The molecule has 0 aliphatic rings. The van der Waals surface area contributed by atoms with Crippen LogP contribution in [0.4, 0.5) is 21.7 Å². The zero-order valence-electron chi connectivity index (χ0n) is 14.8. The number of nitrogens with zero attached hydrogens (tertiary/aromatic N) is 2. The van der Waals surface area contributed by atoms with Gasteiger partial charge in [0.2, 0.25) is 0 Å². The molecule has 2 N–H and O–H groups in total. The fraction of sp³-hybridized carbons (Fsp3) is 0.200. The number of hydrogen-bond donors (Lipinski definition) is 2. The monoisotopic (exact) mass is 352 g/mol. The molecule has 0 aliphatic heterocycles. The van der Waals surface area contributed by atoms with Crippen LogP contribution in [0.5, 0.6) is 5.75 Å². The van der Waals surface area contributed by atoms with E-state index in [1.54, 1.807) is 19.2 Å². The van der Waals surface area contributed by atoms with Gasteiger partial charge in [-0.05, 0) is 49.2 Å². The fourth-order valence-electron chi connectivity index (χ4n) is 2.57. The van der Waals surface area contributed by atoms with Crippen LogP contribution >= 0.6 is 0 Å². The Morgan fingerprint density at radius 1 is 1.00 bits per heavy atom. The Morgan fingerprint density at radius 3 is 2.46 bits per heavy atom. The van der Waals surface area contributed by atoms with E-state index in [0.717, 1.165) is 11.4 Å². The largest absolute Gasteiger partial charge is 0.497 e. The molecule has 0 radical (unpaired) electrons. The number of nitrogens with one attached hydrogen (secondary N) is 2. The lowest BCUT2D eigenvalue weighted by Gasteiger charge is -2.11. The van der Waals surface area contributed by atoms with Gasteiger partial charge in [-0.15, -0.1) is 0 Å². The molecule has 6 heteroatoms. The third-order valence-electron chi connectivity index (χ3n) is 3.86. The van der Waals surface area contributed by atoms with Crippen LogP contribution in [-0.4, -0.2) is 23.6 Å². The molecule has 1 heterocycles. The molecular weight excluding hydrogens is 331 g/mol. The summed E-state index contributed by atoms with van der Waals surface area (Å²) in [7, 11) is 1.63. The van der Waals surface area contributed by atoms with Crippen molar-refractivity contribution in [3.63, 3.8) is 0 Å². The second-order valence-corrected chi connectivity index (χ2v) is 5.81. The normalized spacial score (nSPS) is 10.4. The summed E-state index contributed by atoms with van der Waals surface area (Å²) in [5.74, 6) is 2.65. The molecule has 1 aromatic heterocycles. The Kier molecular flexibility index (Phi) is 5.63. The number of benzene rings is 2. The van der Waals surface area contributed by atoms with Crippen LogP contribution in [0.25, 0.3) is 0 Å². The van der Waals surface area contributed by atoms with Crippen molar-refractivity contribution in [3.8, 4) is 5.75 Å². The smallest absolute Gasteiger partial charge is 0.136 e. The molecule has 134 valence electrons. The first-order valence-corrected chi connectivity index (χ1v) is 8.38. The molecule has 0 saturated heterocycles. The molecular formula is C20H21FN4O. The van der Waals surface area contributed by atoms with Crippen molar-refractivity contribution in [2.45, 2.75) is 13.3 Å². The van der Waals surface area contributed by atoms with Gasteiger partial charge in [0.1, 0.15) is 29.0 Å². The minimum absolute atomic E-state index is 0.185. The van der Waals surface area contributed by atoms with Crippen molar-refractivity contribution >= 4 is 17.3 Å². The van der Waals surface area contributed by atoms with Crippen LogP contribution in [-0.2, 0) is 6.42 Å². The van der Waals surface area contributed by atoms with Gasteiger partial charge in [0.25, 0.3) is 0 Å². The van der Waals surface area contributed by atoms with Crippen molar-refractivity contribution in [3.05, 3.63) is 71.8 Å². The van der Waals surface area contributed by atoms with E-state index in [0.29, 0.717) is 36.0 Å². The summed E-state index contributed by atoms with van der Waals surface area (Å²) in [4.78, 5) is 8.78. The van der Waals surface area contributed by atoms with Gasteiger partial charge in [-0.3, -0.25) is 0 Å². The molecule has 0 amide bonds. The molecule has 0 atom stereocenters. The summed E-state index contributed by atoms with van der Waals surface area (Å²) in [6, 6.07) is 16.2. The quantitative estimate of drug-likeness (QED) is 0.663. The fourth-order valence-corrected chi connectivity index (χ4v) is 2.57. The number of methoxy groups -OCH3 is 1. The van der Waals surface area contributed by atoms with Gasteiger partial charge in [0.05, 0.1) is 7.11 Å². The van der Waals surface area contributed by atoms with Gasteiger partial charge in [0, 0.05) is 18.3 Å². The molecule has 2 aromatic carbocycles. The highest BCUT2D eigenvalue weighted by molar-refractivity contribution is 5.60. The SMILES string of the molecule is COc1ccc(Nc2cc(NCCc3ccccc3F)nc(C)n2)cc1. The number of anilines is 3. The minimum Gasteiger partial charge on any atom is -0.497 e. The van der Waals surface area contributed by atoms with Crippen molar-refractivity contribution in [1.29, 1.82) is 0 Å². The first-order valence-electron chi connectivity index (χ1n) is 8.38. The lowest BCUT2D eigenvalue weighted by Crippen LogP contribution is -2.09. The van der Waals surface area contributed by atoms with Crippen LogP contribution in [0.2, 0.25) is 0 Å². The zero-order chi connectivity index (χ0) is 18.4. The second-order valence-electron chi connectivity index (χ2n) is 5.81. The topological polar surface area (TPSA) is 59.1 Å². The van der Waals surface area contributed by atoms with Gasteiger partial charge in [-0.2, -0.15) is 0 Å². The highest BCUT2D eigenvalue weighted by atomic mass is 19.1. The van der Waals surface area contributed by atoms with Crippen LogP contribution in [0.1, 0.15) is 11.4 Å². The van der Waals surface area contributed by atoms with E-state index in [-0.39, 0.29) is 5.82 Å². The van der Waals surface area contributed by atoms with Gasteiger partial charge in [0.15, 0.2) is 0 Å². The summed E-state index contributed by atoms with van der Waals surface area (Å²) in [6.07, 6.45) is 0.580. The van der Waals surface area contributed by atoms with Crippen molar-refractivity contribution in [2.24, 2.45) is 0 Å². The first kappa shape index (κ1) is 17.7. The molecule has 0 spiro atoms. The maximum atomic E-state index is 13.7. The average molecular weight is 352 g/mol. The summed E-state index contributed by atoms with van der Waals surface area (Å²) in [6.45, 7) is 2.42. The molecule has 3 aromatic rings. The van der Waals surface area contributed by atoms with Crippen LogP contribution in [0.15, 0.2) is 54.6 Å². The number of rotatable bonds is 7. The molecule has 0 saturated carbocycles. The molecule has 0 fully saturated rings. The van der Waals surface area contributed by atoms with Crippen molar-refractivity contribution < 1.29 is 9.13 Å². The van der Waals surface area contributed by atoms with Gasteiger partial charge >= 0.3 is 0 Å². The summed E-state index contributed by atoms with van der Waals surface area (Å²) in [5.41, 5.74) is 1.59. The van der Waals surface area contributed by atoms with Gasteiger partial charge < -0.3 is 15.4 Å². The van der Waals surface area contributed by atoms with Crippen molar-refractivity contribution in [2.75, 3.05) is 24.3 Å². The number of aromatic nitrogens is 2. The van der Waals surface area contributed by atoms with E-state index >= 15 is 0 Å². The standard InChI is InChI=1S/C20H21FN4O/c1-14-23-19(22-12-11-15-5-3-4-6-18(15)21)13-20(24-14)25-16-7-9-17(26-2)10-8-16/h3-10,13H,11-12H2,1-2H3,(H2,22,23,24,25). The van der Waals surface area contributed by atoms with Crippen LogP contribution < -0.4 is 15.4 Å². The molecule has 0 aliphatic carbocycles. The Hall–Kier alpha value is -3.15. The van der Waals surface area contributed by atoms with Gasteiger partial charge in [-0.25, -0.2) is 14.4 Å². The first-order chi connectivity index (χ1) is 12.6. The maximum Gasteiger partial charge on any atom is 0.136 e. The lowest BCUT2D eigenvalue weighted by atomic mass is 10.1. The Bertz CT molecular complexity index is 868. The number of aryl methyl sites for hydroxylation is 1. The van der Waals surface area contributed by atoms with Gasteiger partial charge in [-0.1, -0.05) is 18.2 Å². The summed E-state index contributed by atoms with van der Waals surface area (Å²) in [5, 5.41) is 6.47. The molecule has 3 rings (SSSR count). The maximum absolute atomic E-state index is 13.7.